The summed E-state index contributed by atoms with van der Waals surface area (Å²) in [6, 6.07) is 3.53. The highest BCUT2D eigenvalue weighted by Gasteiger charge is 2.09. The molecule has 2 rings (SSSR count). The summed E-state index contributed by atoms with van der Waals surface area (Å²) in [6.45, 7) is 0. The fraction of sp³-hybridized carbons (Fsp3) is 0.111. The van der Waals surface area contributed by atoms with Gasteiger partial charge in [0, 0.05) is 12.4 Å². The van der Waals surface area contributed by atoms with E-state index in [4.69, 9.17) is 0 Å². The second-order valence-electron chi connectivity index (χ2n) is 2.58. The van der Waals surface area contributed by atoms with Gasteiger partial charge in [0.15, 0.2) is 0 Å². The van der Waals surface area contributed by atoms with Crippen LogP contribution in [0.15, 0.2) is 30.7 Å². The van der Waals surface area contributed by atoms with Crippen molar-refractivity contribution in [3.05, 3.63) is 36.4 Å². The molecule has 13 heavy (non-hydrogen) atoms. The Labute approximate surface area is 74.8 Å². The number of aromatic nitrogens is 2. The van der Waals surface area contributed by atoms with Crippen molar-refractivity contribution in [3.8, 4) is 0 Å². The average Bonchev–Trinajstić information content (AvgIpc) is 2.60. The van der Waals surface area contributed by atoms with Crippen LogP contribution >= 0.6 is 0 Å². The zero-order valence-corrected chi connectivity index (χ0v) is 7.10. The fourth-order valence-corrected chi connectivity index (χ4v) is 1.23. The van der Waals surface area contributed by atoms with Crippen LogP contribution in [-0.2, 0) is 4.74 Å². The number of ether oxygens (including phenoxy) is 1. The highest BCUT2D eigenvalue weighted by atomic mass is 16.5. The van der Waals surface area contributed by atoms with Crippen LogP contribution in [0.4, 0.5) is 0 Å². The number of nitrogens with zero attached hydrogens (tertiary/aromatic N) is 2. The molecule has 0 spiro atoms. The summed E-state index contributed by atoms with van der Waals surface area (Å²) in [5.74, 6) is -0.341. The quantitative estimate of drug-likeness (QED) is 0.611. The SMILES string of the molecule is COC(=O)c1ccc2cnccn12. The largest absolute Gasteiger partial charge is 0.464 e. The Morgan fingerprint density at radius 1 is 1.54 bits per heavy atom. The van der Waals surface area contributed by atoms with Gasteiger partial charge in [0.25, 0.3) is 0 Å². The van der Waals surface area contributed by atoms with Crippen LogP contribution < -0.4 is 0 Å². The zero-order chi connectivity index (χ0) is 9.26. The molecule has 0 aromatic carbocycles. The molecule has 0 saturated carbocycles. The van der Waals surface area contributed by atoms with Gasteiger partial charge in [-0.3, -0.25) is 4.98 Å². The topological polar surface area (TPSA) is 43.6 Å². The molecule has 0 amide bonds. The molecule has 0 atom stereocenters. The highest BCUT2D eigenvalue weighted by molar-refractivity contribution is 5.89. The van der Waals surface area contributed by atoms with Crippen molar-refractivity contribution in [2.24, 2.45) is 0 Å². The third-order valence-electron chi connectivity index (χ3n) is 1.85. The Balaban J connectivity index is 2.64. The van der Waals surface area contributed by atoms with Crippen molar-refractivity contribution >= 4 is 11.5 Å². The van der Waals surface area contributed by atoms with Crippen molar-refractivity contribution in [1.29, 1.82) is 0 Å². The van der Waals surface area contributed by atoms with E-state index in [0.29, 0.717) is 5.69 Å². The maximum atomic E-state index is 11.2. The summed E-state index contributed by atoms with van der Waals surface area (Å²) in [5.41, 5.74) is 1.39. The van der Waals surface area contributed by atoms with E-state index < -0.39 is 0 Å². The molecular formula is C9H8N2O2. The van der Waals surface area contributed by atoms with Crippen LogP contribution in [0.3, 0.4) is 0 Å². The van der Waals surface area contributed by atoms with Gasteiger partial charge in [0.2, 0.25) is 0 Å². The van der Waals surface area contributed by atoms with Crippen molar-refractivity contribution < 1.29 is 9.53 Å². The number of methoxy groups -OCH3 is 1. The van der Waals surface area contributed by atoms with E-state index in [-0.39, 0.29) is 5.97 Å². The van der Waals surface area contributed by atoms with Gasteiger partial charge in [-0.15, -0.1) is 0 Å². The van der Waals surface area contributed by atoms with Gasteiger partial charge in [-0.05, 0) is 12.1 Å². The minimum atomic E-state index is -0.341. The molecule has 0 bridgehead atoms. The van der Waals surface area contributed by atoms with E-state index >= 15 is 0 Å². The van der Waals surface area contributed by atoms with Crippen LogP contribution in [0.5, 0.6) is 0 Å². The molecule has 2 heterocycles. The third-order valence-corrected chi connectivity index (χ3v) is 1.85. The summed E-state index contributed by atoms with van der Waals surface area (Å²) in [4.78, 5) is 15.2. The molecular weight excluding hydrogens is 168 g/mol. The summed E-state index contributed by atoms with van der Waals surface area (Å²) in [5, 5.41) is 0. The van der Waals surface area contributed by atoms with Gasteiger partial charge in [-0.1, -0.05) is 0 Å². The van der Waals surface area contributed by atoms with Crippen LogP contribution in [-0.4, -0.2) is 22.5 Å². The Morgan fingerprint density at radius 2 is 2.38 bits per heavy atom. The van der Waals surface area contributed by atoms with Gasteiger partial charge in [-0.2, -0.15) is 0 Å². The first kappa shape index (κ1) is 7.79. The van der Waals surface area contributed by atoms with Gasteiger partial charge in [0.05, 0.1) is 18.8 Å². The van der Waals surface area contributed by atoms with Crippen LogP contribution in [0.25, 0.3) is 5.52 Å². The molecule has 2 aromatic heterocycles. The second-order valence-corrected chi connectivity index (χ2v) is 2.58. The van der Waals surface area contributed by atoms with Crippen LogP contribution in [0.1, 0.15) is 10.5 Å². The number of rotatable bonds is 1. The Bertz CT molecular complexity index is 448. The molecule has 0 unspecified atom stereocenters. The van der Waals surface area contributed by atoms with Crippen LogP contribution in [0, 0.1) is 0 Å². The van der Waals surface area contributed by atoms with Gasteiger partial charge in [0.1, 0.15) is 5.69 Å². The third kappa shape index (κ3) is 1.16. The van der Waals surface area contributed by atoms with E-state index in [1.807, 2.05) is 6.07 Å². The Kier molecular flexibility index (Phi) is 1.73. The molecule has 4 nitrogen and oxygen atoms in total. The molecule has 0 aliphatic heterocycles. The maximum absolute atomic E-state index is 11.2. The number of hydrogen-bond donors (Lipinski definition) is 0. The lowest BCUT2D eigenvalue weighted by Gasteiger charge is -1.98. The minimum absolute atomic E-state index is 0.341. The number of hydrogen-bond acceptors (Lipinski definition) is 3. The van der Waals surface area contributed by atoms with Gasteiger partial charge >= 0.3 is 5.97 Å². The number of esters is 1. The highest BCUT2D eigenvalue weighted by Crippen LogP contribution is 2.08. The molecule has 0 fully saturated rings. The van der Waals surface area contributed by atoms with E-state index in [0.717, 1.165) is 5.52 Å². The predicted octanol–water partition coefficient (Wildman–Crippen LogP) is 1.12. The van der Waals surface area contributed by atoms with Crippen molar-refractivity contribution in [2.75, 3.05) is 7.11 Å². The smallest absolute Gasteiger partial charge is 0.355 e. The lowest BCUT2D eigenvalue weighted by molar-refractivity contribution is 0.0593. The van der Waals surface area contributed by atoms with E-state index in [9.17, 15) is 4.79 Å². The first-order valence-electron chi connectivity index (χ1n) is 3.82. The minimum Gasteiger partial charge on any atom is -0.464 e. The number of carbonyl (C=O) groups excluding carboxylic acids is 1. The average molecular weight is 176 g/mol. The molecule has 66 valence electrons. The molecule has 4 heteroatoms. The normalized spacial score (nSPS) is 10.2. The molecule has 0 aliphatic carbocycles. The molecule has 0 N–H and O–H groups in total. The van der Waals surface area contributed by atoms with Crippen molar-refractivity contribution in [2.45, 2.75) is 0 Å². The predicted molar refractivity (Wildman–Crippen MR) is 46.5 cm³/mol. The summed E-state index contributed by atoms with van der Waals surface area (Å²) >= 11 is 0. The lowest BCUT2D eigenvalue weighted by Crippen LogP contribution is -2.04. The molecule has 0 radical (unpaired) electrons. The first-order chi connectivity index (χ1) is 6.33. The molecule has 0 aliphatic rings. The summed E-state index contributed by atoms with van der Waals surface area (Å²) in [6.07, 6.45) is 5.04. The number of carbonyl (C=O) groups is 1. The van der Waals surface area contributed by atoms with Crippen molar-refractivity contribution in [1.82, 2.24) is 9.38 Å². The number of fused-ring (bicyclic) bond motifs is 1. The lowest BCUT2D eigenvalue weighted by atomic mass is 10.4. The van der Waals surface area contributed by atoms with Crippen molar-refractivity contribution in [3.63, 3.8) is 0 Å². The molecule has 0 saturated heterocycles. The van der Waals surface area contributed by atoms with Gasteiger partial charge < -0.3 is 9.14 Å². The Hall–Kier alpha value is -1.84. The van der Waals surface area contributed by atoms with E-state index in [1.54, 1.807) is 29.1 Å². The zero-order valence-electron chi connectivity index (χ0n) is 7.10. The summed E-state index contributed by atoms with van der Waals surface area (Å²) in [7, 11) is 1.36. The van der Waals surface area contributed by atoms with E-state index in [2.05, 4.69) is 9.72 Å². The van der Waals surface area contributed by atoms with E-state index in [1.165, 1.54) is 7.11 Å². The van der Waals surface area contributed by atoms with Crippen LogP contribution in [0.2, 0.25) is 0 Å². The summed E-state index contributed by atoms with van der Waals surface area (Å²) < 4.78 is 6.36. The second kappa shape index (κ2) is 2.90. The maximum Gasteiger partial charge on any atom is 0.355 e. The Morgan fingerprint density at radius 3 is 3.15 bits per heavy atom. The monoisotopic (exact) mass is 176 g/mol. The molecule has 2 aromatic rings. The first-order valence-corrected chi connectivity index (χ1v) is 3.82. The standard InChI is InChI=1S/C9H8N2O2/c1-13-9(12)8-3-2-7-6-10-4-5-11(7)8/h2-6H,1H3. The van der Waals surface area contributed by atoms with Gasteiger partial charge in [-0.25, -0.2) is 4.79 Å². The fourth-order valence-electron chi connectivity index (χ4n) is 1.23.